The number of rotatable bonds is 5. The molecule has 1 unspecified atom stereocenters. The molecule has 0 aliphatic heterocycles. The van der Waals surface area contributed by atoms with Crippen molar-refractivity contribution in [3.05, 3.63) is 46.0 Å². The number of pyridine rings is 1. The van der Waals surface area contributed by atoms with Crippen LogP contribution in [0.25, 0.3) is 0 Å². The van der Waals surface area contributed by atoms with Crippen molar-refractivity contribution in [1.82, 2.24) is 9.88 Å². The van der Waals surface area contributed by atoms with Crippen molar-refractivity contribution < 1.29 is 9.18 Å². The monoisotopic (exact) mass is 307 g/mol. The van der Waals surface area contributed by atoms with Crippen LogP contribution in [0.4, 0.5) is 10.2 Å². The van der Waals surface area contributed by atoms with E-state index in [1.54, 1.807) is 23.3 Å². The van der Waals surface area contributed by atoms with Gasteiger partial charge in [-0.15, -0.1) is 11.3 Å². The Balaban J connectivity index is 2.25. The average Bonchev–Trinajstić information content (AvgIpc) is 3.01. The fraction of sp³-hybridized carbons (Fsp3) is 0.333. The molecule has 112 valence electrons. The molecule has 4 nitrogen and oxygen atoms in total. The molecule has 1 amide bonds. The number of amides is 1. The highest BCUT2D eigenvalue weighted by molar-refractivity contribution is 7.10. The standard InChI is InChI=1S/C15H18FN3OS/c1-4-17-14-13(16)11(7-8-18-14)15(20)19(3)10(2)12-6-5-9-21-12/h5-10H,4H2,1-3H3,(H,17,18). The number of halogens is 1. The fourth-order valence-corrected chi connectivity index (χ4v) is 2.81. The van der Waals surface area contributed by atoms with Gasteiger partial charge in [0.1, 0.15) is 0 Å². The molecule has 2 aromatic rings. The van der Waals surface area contributed by atoms with Crippen LogP contribution >= 0.6 is 11.3 Å². The summed E-state index contributed by atoms with van der Waals surface area (Å²) in [7, 11) is 1.68. The number of nitrogens with zero attached hydrogens (tertiary/aromatic N) is 2. The van der Waals surface area contributed by atoms with E-state index in [2.05, 4.69) is 10.3 Å². The summed E-state index contributed by atoms with van der Waals surface area (Å²) in [6.07, 6.45) is 1.44. The first-order valence-electron chi connectivity index (χ1n) is 6.75. The lowest BCUT2D eigenvalue weighted by molar-refractivity contribution is 0.0740. The highest BCUT2D eigenvalue weighted by Gasteiger charge is 2.23. The van der Waals surface area contributed by atoms with Crippen LogP contribution in [0.1, 0.15) is 35.1 Å². The maximum Gasteiger partial charge on any atom is 0.257 e. The summed E-state index contributed by atoms with van der Waals surface area (Å²) < 4.78 is 14.3. The minimum absolute atomic E-state index is 0.0341. The minimum atomic E-state index is -0.602. The Morgan fingerprint density at radius 2 is 2.29 bits per heavy atom. The highest BCUT2D eigenvalue weighted by Crippen LogP contribution is 2.26. The van der Waals surface area contributed by atoms with Crippen molar-refractivity contribution in [3.8, 4) is 0 Å². The van der Waals surface area contributed by atoms with Gasteiger partial charge in [0, 0.05) is 24.7 Å². The number of anilines is 1. The van der Waals surface area contributed by atoms with Crippen LogP contribution in [0.15, 0.2) is 29.8 Å². The third-order valence-corrected chi connectivity index (χ3v) is 4.36. The van der Waals surface area contributed by atoms with Crippen molar-refractivity contribution in [2.24, 2.45) is 0 Å². The number of carbonyl (C=O) groups is 1. The Labute approximate surface area is 127 Å². The maximum atomic E-state index is 14.3. The van der Waals surface area contributed by atoms with Crippen molar-refractivity contribution >= 4 is 23.1 Å². The fourth-order valence-electron chi connectivity index (χ4n) is 1.99. The topological polar surface area (TPSA) is 45.2 Å². The zero-order valence-electron chi connectivity index (χ0n) is 12.3. The molecular formula is C15H18FN3OS. The predicted molar refractivity (Wildman–Crippen MR) is 83.2 cm³/mol. The quantitative estimate of drug-likeness (QED) is 0.919. The van der Waals surface area contributed by atoms with E-state index in [1.807, 2.05) is 31.4 Å². The van der Waals surface area contributed by atoms with Crippen molar-refractivity contribution in [2.45, 2.75) is 19.9 Å². The molecule has 2 rings (SSSR count). The first-order chi connectivity index (χ1) is 10.1. The predicted octanol–water partition coefficient (Wildman–Crippen LogP) is 3.55. The van der Waals surface area contributed by atoms with Gasteiger partial charge < -0.3 is 10.2 Å². The van der Waals surface area contributed by atoms with Crippen LogP contribution in [0, 0.1) is 5.82 Å². The van der Waals surface area contributed by atoms with Gasteiger partial charge >= 0.3 is 0 Å². The molecule has 0 saturated carbocycles. The van der Waals surface area contributed by atoms with Gasteiger partial charge in [0.15, 0.2) is 11.6 Å². The smallest absolute Gasteiger partial charge is 0.257 e. The van der Waals surface area contributed by atoms with Gasteiger partial charge in [-0.3, -0.25) is 4.79 Å². The molecule has 0 spiro atoms. The summed E-state index contributed by atoms with van der Waals surface area (Å²) in [5.41, 5.74) is 0.0341. The summed E-state index contributed by atoms with van der Waals surface area (Å²) in [5, 5.41) is 4.77. The number of hydrogen-bond donors (Lipinski definition) is 1. The first kappa shape index (κ1) is 15.4. The molecule has 0 radical (unpaired) electrons. The Morgan fingerprint density at radius 3 is 2.90 bits per heavy atom. The summed E-state index contributed by atoms with van der Waals surface area (Å²) in [4.78, 5) is 19.0. The van der Waals surface area contributed by atoms with Gasteiger partial charge in [-0.05, 0) is 31.4 Å². The normalized spacial score (nSPS) is 12.0. The molecule has 0 aliphatic carbocycles. The zero-order chi connectivity index (χ0) is 15.4. The number of carbonyl (C=O) groups excluding carboxylic acids is 1. The Hall–Kier alpha value is -1.95. The van der Waals surface area contributed by atoms with Crippen molar-refractivity contribution in [1.29, 1.82) is 0 Å². The van der Waals surface area contributed by atoms with Gasteiger partial charge in [0.05, 0.1) is 11.6 Å². The lowest BCUT2D eigenvalue weighted by Gasteiger charge is -2.24. The van der Waals surface area contributed by atoms with Crippen LogP contribution in [-0.2, 0) is 0 Å². The summed E-state index contributed by atoms with van der Waals surface area (Å²) in [5.74, 6) is -0.843. The molecule has 0 aliphatic rings. The molecule has 0 saturated heterocycles. The summed E-state index contributed by atoms with van der Waals surface area (Å²) >= 11 is 1.58. The highest BCUT2D eigenvalue weighted by atomic mass is 32.1. The number of hydrogen-bond acceptors (Lipinski definition) is 4. The largest absolute Gasteiger partial charge is 0.368 e. The van der Waals surface area contributed by atoms with Gasteiger partial charge in [-0.1, -0.05) is 6.07 Å². The number of nitrogens with one attached hydrogen (secondary N) is 1. The van der Waals surface area contributed by atoms with Crippen LogP contribution in [0.5, 0.6) is 0 Å². The molecule has 2 aromatic heterocycles. The minimum Gasteiger partial charge on any atom is -0.368 e. The Bertz CT molecular complexity index is 615. The van der Waals surface area contributed by atoms with E-state index < -0.39 is 5.82 Å². The van der Waals surface area contributed by atoms with Crippen LogP contribution in [0.3, 0.4) is 0 Å². The second-order valence-electron chi connectivity index (χ2n) is 4.66. The van der Waals surface area contributed by atoms with Crippen LogP contribution in [0.2, 0.25) is 0 Å². The van der Waals surface area contributed by atoms with E-state index in [0.29, 0.717) is 6.54 Å². The molecule has 6 heteroatoms. The first-order valence-corrected chi connectivity index (χ1v) is 7.63. The molecule has 0 fully saturated rings. The number of aromatic nitrogens is 1. The molecule has 2 heterocycles. The second-order valence-corrected chi connectivity index (χ2v) is 5.64. The average molecular weight is 307 g/mol. The molecular weight excluding hydrogens is 289 g/mol. The molecule has 0 bridgehead atoms. The van der Waals surface area contributed by atoms with Gasteiger partial charge in [-0.2, -0.15) is 0 Å². The van der Waals surface area contributed by atoms with Crippen molar-refractivity contribution in [2.75, 3.05) is 18.9 Å². The lowest BCUT2D eigenvalue weighted by atomic mass is 10.1. The molecule has 0 aromatic carbocycles. The van der Waals surface area contributed by atoms with Crippen LogP contribution in [-0.4, -0.2) is 29.4 Å². The van der Waals surface area contributed by atoms with Crippen LogP contribution < -0.4 is 5.32 Å². The SMILES string of the molecule is CCNc1nccc(C(=O)N(C)C(C)c2cccs2)c1F. The van der Waals surface area contributed by atoms with Gasteiger partial charge in [0.2, 0.25) is 0 Å². The summed E-state index contributed by atoms with van der Waals surface area (Å²) in [6, 6.07) is 5.21. The third kappa shape index (κ3) is 3.21. The van der Waals surface area contributed by atoms with E-state index in [1.165, 1.54) is 12.3 Å². The summed E-state index contributed by atoms with van der Waals surface area (Å²) in [6.45, 7) is 4.32. The number of thiophene rings is 1. The molecule has 1 N–H and O–H groups in total. The van der Waals surface area contributed by atoms with E-state index in [-0.39, 0.29) is 23.3 Å². The molecule has 1 atom stereocenters. The Morgan fingerprint density at radius 1 is 1.52 bits per heavy atom. The maximum absolute atomic E-state index is 14.3. The van der Waals surface area contributed by atoms with E-state index >= 15 is 0 Å². The van der Waals surface area contributed by atoms with E-state index in [9.17, 15) is 9.18 Å². The van der Waals surface area contributed by atoms with Crippen molar-refractivity contribution in [3.63, 3.8) is 0 Å². The zero-order valence-corrected chi connectivity index (χ0v) is 13.1. The molecule has 21 heavy (non-hydrogen) atoms. The second kappa shape index (κ2) is 6.67. The van der Waals surface area contributed by atoms with E-state index in [0.717, 1.165) is 4.88 Å². The third-order valence-electron chi connectivity index (χ3n) is 3.32. The van der Waals surface area contributed by atoms with E-state index in [4.69, 9.17) is 0 Å². The van der Waals surface area contributed by atoms with Gasteiger partial charge in [0.25, 0.3) is 5.91 Å². The Kier molecular flexibility index (Phi) is 4.90. The lowest BCUT2D eigenvalue weighted by Crippen LogP contribution is -2.30. The van der Waals surface area contributed by atoms with Gasteiger partial charge in [-0.25, -0.2) is 9.37 Å².